The highest BCUT2D eigenvalue weighted by Crippen LogP contribution is 2.20. The largest absolute Gasteiger partial charge is 0.480 e. The predicted molar refractivity (Wildman–Crippen MR) is 329 cm³/mol. The van der Waals surface area contributed by atoms with Crippen molar-refractivity contribution in [2.45, 2.75) is 180 Å². The van der Waals surface area contributed by atoms with E-state index in [1.54, 1.807) is 98.7 Å². The van der Waals surface area contributed by atoms with E-state index in [2.05, 4.69) is 47.9 Å². The minimum Gasteiger partial charge on any atom is -0.480 e. The molecule has 2 aromatic rings. The van der Waals surface area contributed by atoms with Gasteiger partial charge in [0, 0.05) is 6.54 Å². The van der Waals surface area contributed by atoms with Crippen LogP contribution < -0.4 is 70.0 Å². The molecular formula is C59H92N14O19. The maximum atomic E-state index is 14.3. The van der Waals surface area contributed by atoms with E-state index >= 15 is 0 Å². The van der Waals surface area contributed by atoms with Gasteiger partial charge in [0.15, 0.2) is 18.1 Å². The van der Waals surface area contributed by atoms with Gasteiger partial charge in [-0.15, -0.1) is 0 Å². The molecule has 0 spiro atoms. The van der Waals surface area contributed by atoms with Crippen LogP contribution in [0.1, 0.15) is 112 Å². The maximum absolute atomic E-state index is 14.3. The van der Waals surface area contributed by atoms with E-state index in [1.807, 2.05) is 10.6 Å². The van der Waals surface area contributed by atoms with E-state index in [4.69, 9.17) is 26.4 Å². The summed E-state index contributed by atoms with van der Waals surface area (Å²) < 4.78 is 10.5. The first-order valence-corrected chi connectivity index (χ1v) is 29.7. The van der Waals surface area contributed by atoms with Gasteiger partial charge in [0.2, 0.25) is 53.2 Å². The number of primary amides is 1. The maximum Gasteiger partial charge on any atom is 0.408 e. The summed E-state index contributed by atoms with van der Waals surface area (Å²) >= 11 is 0. The third kappa shape index (κ3) is 27.5. The van der Waals surface area contributed by atoms with E-state index in [0.717, 1.165) is 6.92 Å². The normalized spacial score (nSPS) is 15.5. The molecule has 1 unspecified atom stereocenters. The molecule has 0 fully saturated rings. The summed E-state index contributed by atoms with van der Waals surface area (Å²) in [4.78, 5) is 162. The average molecular weight is 1300 g/mol. The zero-order chi connectivity index (χ0) is 69.7. The van der Waals surface area contributed by atoms with Gasteiger partial charge in [-0.05, 0) is 75.8 Å². The minimum atomic E-state index is -2.54. The van der Waals surface area contributed by atoms with E-state index in [0.29, 0.717) is 5.56 Å². The van der Waals surface area contributed by atoms with Crippen molar-refractivity contribution in [3.63, 3.8) is 0 Å². The SMILES string of the molecule is CC[C@H](C)[C@H](NC(=O)[C@@H](CCCNC(=N)N)NC(=O)[C@H](CC(C)C)NC(=O)[C@@H](NC(=O)OC(C)(C)C)[C@H](O)C(C)C)C(=O)NC(C(=O)NCC(=O)N[C@H](C(=O)N[C@@H](CO)C(=O)N[C@H](c1ccccc1)[C@H](NC(=O)OCc1ccccc1)C(=O)O)[C@H](O)C(N)=O)[C@H](C)O. The Morgan fingerprint density at radius 2 is 1.11 bits per heavy atom. The molecule has 512 valence electrons. The van der Waals surface area contributed by atoms with Gasteiger partial charge in [0.1, 0.15) is 54.5 Å². The molecule has 0 saturated carbocycles. The average Bonchev–Trinajstić information content (AvgIpc) is 1.07. The second-order valence-electron chi connectivity index (χ2n) is 23.5. The zero-order valence-corrected chi connectivity index (χ0v) is 53.2. The lowest BCUT2D eigenvalue weighted by Crippen LogP contribution is -2.63. The van der Waals surface area contributed by atoms with Crippen LogP contribution >= 0.6 is 0 Å². The molecule has 2 aromatic carbocycles. The van der Waals surface area contributed by atoms with Crippen LogP contribution in [0.5, 0.6) is 0 Å². The van der Waals surface area contributed by atoms with Gasteiger partial charge in [0.25, 0.3) is 0 Å². The van der Waals surface area contributed by atoms with Gasteiger partial charge in [-0.25, -0.2) is 14.4 Å². The van der Waals surface area contributed by atoms with Crippen molar-refractivity contribution in [1.82, 2.24) is 58.5 Å². The number of guanidine groups is 1. The number of alkyl carbamates (subject to hydrolysis) is 2. The van der Waals surface area contributed by atoms with E-state index < -0.39 is 181 Å². The number of carboxylic acids is 1. The molecule has 13 atom stereocenters. The van der Waals surface area contributed by atoms with Gasteiger partial charge in [-0.2, -0.15) is 0 Å². The number of carbonyl (C=O) groups excluding carboxylic acids is 11. The molecule has 11 amide bonds. The number of nitrogens with two attached hydrogens (primary N) is 2. The summed E-state index contributed by atoms with van der Waals surface area (Å²) in [6, 6.07) is -0.0726. The van der Waals surface area contributed by atoms with Crippen molar-refractivity contribution in [2.75, 3.05) is 19.7 Å². The Labute approximate surface area is 532 Å². The molecule has 0 heterocycles. The van der Waals surface area contributed by atoms with Gasteiger partial charge in [-0.3, -0.25) is 48.6 Å². The van der Waals surface area contributed by atoms with E-state index in [1.165, 1.54) is 24.3 Å². The number of nitrogens with one attached hydrogen (secondary N) is 12. The van der Waals surface area contributed by atoms with Crippen LogP contribution in [0, 0.1) is 23.2 Å². The van der Waals surface area contributed by atoms with Crippen LogP contribution in [0.15, 0.2) is 60.7 Å². The topological polar surface area (TPSA) is 533 Å². The number of ether oxygens (including phenoxy) is 2. The Kier molecular flexibility index (Phi) is 33.0. The number of carboxylic acid groups (broad SMARTS) is 1. The summed E-state index contributed by atoms with van der Waals surface area (Å²) in [5.41, 5.74) is 10.4. The lowest BCUT2D eigenvalue weighted by Gasteiger charge is -2.31. The van der Waals surface area contributed by atoms with Crippen LogP contribution in [0.2, 0.25) is 0 Å². The van der Waals surface area contributed by atoms with Crippen LogP contribution in [0.4, 0.5) is 9.59 Å². The fourth-order valence-electron chi connectivity index (χ4n) is 8.63. The number of aliphatic carboxylic acids is 1. The second kappa shape index (κ2) is 38.5. The third-order valence-electron chi connectivity index (χ3n) is 13.8. The molecule has 0 aliphatic carbocycles. The molecule has 92 heavy (non-hydrogen) atoms. The van der Waals surface area contributed by atoms with Gasteiger partial charge in [0.05, 0.1) is 31.4 Å². The Balaban J connectivity index is 2.35. The molecule has 0 bridgehead atoms. The van der Waals surface area contributed by atoms with E-state index in [9.17, 15) is 83.1 Å². The molecule has 0 radical (unpaired) electrons. The number of aliphatic hydroxyl groups is 4. The number of amides is 11. The highest BCUT2D eigenvalue weighted by molar-refractivity contribution is 5.99. The summed E-state index contributed by atoms with van der Waals surface area (Å²) in [7, 11) is 0. The molecular weight excluding hydrogens is 1210 g/mol. The monoisotopic (exact) mass is 1300 g/mol. The molecule has 33 nitrogen and oxygen atoms in total. The molecule has 33 heteroatoms. The first-order chi connectivity index (χ1) is 43.0. The van der Waals surface area contributed by atoms with Gasteiger partial charge >= 0.3 is 18.2 Å². The Morgan fingerprint density at radius 1 is 0.587 bits per heavy atom. The van der Waals surface area contributed by atoms with Crippen LogP contribution in [-0.2, 0) is 64.0 Å². The van der Waals surface area contributed by atoms with Crippen molar-refractivity contribution in [3.05, 3.63) is 71.8 Å². The van der Waals surface area contributed by atoms with Crippen LogP contribution in [-0.4, -0.2) is 195 Å². The predicted octanol–water partition coefficient (Wildman–Crippen LogP) is -3.27. The standard InChI is InChI=1S/C59H92N14O19/c1-11-31(6)39(69-48(80)35(23-18-24-63-56(61)62)65-49(81)36(25-29(2)3)66-53(85)43(45(77)30(4)5)73-58(90)92-59(8,9)10)52(84)70-40(32(7)75)51(83)64-26-38(76)68-44(46(78)47(60)79)54(86)67-37(27-74)50(82)71-41(34-21-16-13-17-22-34)42(55(87)88)72-57(89)91-28-33-19-14-12-15-20-33/h12-17,19-22,29-32,35-37,39-46,74-75,77-78H,11,18,23-28H2,1-10H3,(H2,60,79)(H,64,83)(H,65,81)(H,66,85)(H,67,86)(H,68,76)(H,69,80)(H,70,84)(H,71,82)(H,72,89)(H,73,90)(H,87,88)(H4,61,62,63)/t31-,32-,35+,36-,37-,39-,40?,41+,42-,43-,44-,45+,46-/m0/s1. The summed E-state index contributed by atoms with van der Waals surface area (Å²) in [5.74, 6) is -14.4. The summed E-state index contributed by atoms with van der Waals surface area (Å²) in [6.07, 6.45) is -7.80. The lowest BCUT2D eigenvalue weighted by molar-refractivity contribution is -0.141. The lowest BCUT2D eigenvalue weighted by atomic mass is 9.96. The van der Waals surface area contributed by atoms with E-state index in [-0.39, 0.29) is 50.3 Å². The van der Waals surface area contributed by atoms with Gasteiger partial charge in [-0.1, -0.05) is 109 Å². The Hall–Kier alpha value is -9.21. The van der Waals surface area contributed by atoms with Crippen LogP contribution in [0.25, 0.3) is 0 Å². The Bertz CT molecular complexity index is 2830. The molecule has 0 aliphatic heterocycles. The van der Waals surface area contributed by atoms with Crippen molar-refractivity contribution < 1.29 is 92.5 Å². The molecule has 21 N–H and O–H groups in total. The number of aliphatic hydroxyl groups excluding tert-OH is 4. The minimum absolute atomic E-state index is 0.0122. The summed E-state index contributed by atoms with van der Waals surface area (Å²) in [6.45, 7) is 13.2. The quantitative estimate of drug-likeness (QED) is 0.0179. The zero-order valence-electron chi connectivity index (χ0n) is 53.2. The molecule has 0 aromatic heterocycles. The fraction of sp³-hybridized carbons (Fsp3) is 0.576. The Morgan fingerprint density at radius 3 is 1.63 bits per heavy atom. The van der Waals surface area contributed by atoms with Crippen molar-refractivity contribution >= 4 is 77.3 Å². The van der Waals surface area contributed by atoms with Gasteiger partial charge < -0.3 is 105 Å². The second-order valence-corrected chi connectivity index (χ2v) is 23.5. The number of carbonyl (C=O) groups is 12. The van der Waals surface area contributed by atoms with Crippen LogP contribution in [0.3, 0.4) is 0 Å². The van der Waals surface area contributed by atoms with Crippen molar-refractivity contribution in [2.24, 2.45) is 29.2 Å². The first kappa shape index (κ1) is 78.9. The number of hydrogen-bond donors (Lipinski definition) is 19. The number of hydrogen-bond acceptors (Lipinski definition) is 19. The first-order valence-electron chi connectivity index (χ1n) is 29.7. The third-order valence-corrected chi connectivity index (χ3v) is 13.8. The number of rotatable bonds is 37. The highest BCUT2D eigenvalue weighted by atomic mass is 16.6. The smallest absolute Gasteiger partial charge is 0.408 e. The summed E-state index contributed by atoms with van der Waals surface area (Å²) in [5, 5.41) is 86.3. The highest BCUT2D eigenvalue weighted by Gasteiger charge is 2.40. The fourth-order valence-corrected chi connectivity index (χ4v) is 8.63. The van der Waals surface area contributed by atoms with Crippen molar-refractivity contribution in [3.8, 4) is 0 Å². The van der Waals surface area contributed by atoms with Crippen molar-refractivity contribution in [1.29, 1.82) is 5.41 Å². The molecule has 2 rings (SSSR count). The number of benzene rings is 2. The molecule has 0 aliphatic rings. The molecule has 0 saturated heterocycles.